The normalized spacial score (nSPS) is 19.5. The Kier molecular flexibility index (Phi) is 5.12. The van der Waals surface area contributed by atoms with Crippen LogP contribution in [-0.4, -0.2) is 41.7 Å². The average molecular weight is 440 g/mol. The number of pyridine rings is 1. The number of anilines is 2. The Morgan fingerprint density at radius 3 is 2.69 bits per heavy atom. The summed E-state index contributed by atoms with van der Waals surface area (Å²) in [6.07, 6.45) is 2.24. The molecule has 0 spiro atoms. The second-order valence-corrected chi connectivity index (χ2v) is 8.71. The van der Waals surface area contributed by atoms with Gasteiger partial charge < -0.3 is 14.5 Å². The van der Waals surface area contributed by atoms with Crippen molar-refractivity contribution in [2.75, 3.05) is 36.1 Å². The van der Waals surface area contributed by atoms with Gasteiger partial charge in [-0.1, -0.05) is 6.07 Å². The van der Waals surface area contributed by atoms with Gasteiger partial charge in [0.05, 0.1) is 24.8 Å². The van der Waals surface area contributed by atoms with E-state index in [2.05, 4.69) is 4.90 Å². The first-order valence-corrected chi connectivity index (χ1v) is 11.0. The van der Waals surface area contributed by atoms with Crippen molar-refractivity contribution in [1.82, 2.24) is 9.38 Å². The molecule has 1 saturated heterocycles. The highest BCUT2D eigenvalue weighted by atomic mass is 19.1. The number of rotatable bonds is 3. The molecular weight excluding hydrogens is 414 g/mol. The molecule has 1 fully saturated rings. The van der Waals surface area contributed by atoms with Gasteiger partial charge in [-0.2, -0.15) is 0 Å². The second kappa shape index (κ2) is 7.85. The quantitative estimate of drug-likeness (QED) is 0.623. The number of halogens is 2. The summed E-state index contributed by atoms with van der Waals surface area (Å²) in [5.74, 6) is -0.545. The molecule has 0 bridgehead atoms. The number of morpholine rings is 1. The number of hydrogen-bond donors (Lipinski definition) is 0. The van der Waals surface area contributed by atoms with Crippen molar-refractivity contribution in [1.29, 1.82) is 0 Å². The van der Waals surface area contributed by atoms with E-state index in [9.17, 15) is 13.6 Å². The van der Waals surface area contributed by atoms with Crippen molar-refractivity contribution >= 4 is 17.2 Å². The molecule has 8 heteroatoms. The van der Waals surface area contributed by atoms with E-state index < -0.39 is 17.7 Å². The fourth-order valence-electron chi connectivity index (χ4n) is 5.01. The molecule has 2 unspecified atom stereocenters. The summed E-state index contributed by atoms with van der Waals surface area (Å²) in [5, 5.41) is 0. The lowest BCUT2D eigenvalue weighted by molar-refractivity contribution is 0.122. The lowest BCUT2D eigenvalue weighted by Gasteiger charge is -2.35. The lowest BCUT2D eigenvalue weighted by Crippen LogP contribution is -2.42. The van der Waals surface area contributed by atoms with E-state index in [-0.39, 0.29) is 11.6 Å². The van der Waals surface area contributed by atoms with E-state index in [0.717, 1.165) is 11.6 Å². The van der Waals surface area contributed by atoms with Crippen LogP contribution in [0, 0.1) is 18.6 Å². The van der Waals surface area contributed by atoms with Gasteiger partial charge in [0.2, 0.25) is 0 Å². The van der Waals surface area contributed by atoms with Gasteiger partial charge in [0.15, 0.2) is 0 Å². The Morgan fingerprint density at radius 2 is 1.94 bits per heavy atom. The van der Waals surface area contributed by atoms with Crippen molar-refractivity contribution in [3.63, 3.8) is 0 Å². The topological polar surface area (TPSA) is 50.1 Å². The van der Waals surface area contributed by atoms with Crippen molar-refractivity contribution in [3.05, 3.63) is 69.1 Å². The molecule has 4 heterocycles. The Hall–Kier alpha value is -3.00. The molecule has 0 saturated carbocycles. The van der Waals surface area contributed by atoms with Crippen LogP contribution in [0.1, 0.15) is 36.6 Å². The summed E-state index contributed by atoms with van der Waals surface area (Å²) in [6.45, 7) is 8.18. The molecule has 32 heavy (non-hydrogen) atoms. The van der Waals surface area contributed by atoms with Crippen LogP contribution in [0.25, 0.3) is 5.65 Å². The second-order valence-electron chi connectivity index (χ2n) is 8.71. The Bertz CT molecular complexity index is 1250. The zero-order valence-electron chi connectivity index (χ0n) is 18.4. The van der Waals surface area contributed by atoms with Crippen LogP contribution in [0.2, 0.25) is 0 Å². The average Bonchev–Trinajstić information content (AvgIpc) is 3.10. The molecule has 0 amide bonds. The van der Waals surface area contributed by atoms with Crippen molar-refractivity contribution in [2.24, 2.45) is 0 Å². The van der Waals surface area contributed by atoms with Crippen LogP contribution >= 0.6 is 0 Å². The number of benzene rings is 1. The van der Waals surface area contributed by atoms with Crippen LogP contribution in [-0.2, 0) is 11.2 Å². The maximum absolute atomic E-state index is 14.5. The molecule has 3 aromatic rings. The Labute approximate surface area is 185 Å². The number of ether oxygens (including phenoxy) is 1. The molecule has 2 atom stereocenters. The van der Waals surface area contributed by atoms with Crippen molar-refractivity contribution < 1.29 is 13.5 Å². The molecule has 0 radical (unpaired) electrons. The van der Waals surface area contributed by atoms with Gasteiger partial charge in [-0.15, -0.1) is 0 Å². The van der Waals surface area contributed by atoms with Gasteiger partial charge >= 0.3 is 0 Å². The highest BCUT2D eigenvalue weighted by Crippen LogP contribution is 2.41. The number of aromatic nitrogens is 2. The van der Waals surface area contributed by atoms with E-state index in [1.54, 1.807) is 10.6 Å². The molecule has 1 aromatic carbocycles. The number of fused-ring (bicyclic) bond motifs is 2. The smallest absolute Gasteiger partial charge is 0.265 e. The number of nitrogens with zero attached hydrogens (tertiary/aromatic N) is 4. The van der Waals surface area contributed by atoms with Crippen LogP contribution < -0.4 is 15.4 Å². The van der Waals surface area contributed by atoms with E-state index >= 15 is 0 Å². The fraction of sp³-hybridized carbons (Fsp3) is 0.417. The number of hydrogen-bond acceptors (Lipinski definition) is 5. The SMILES string of the molecule is Cc1ccc2nc(N3CCOCC3)c(C(C)N3c4cc(F)cc(F)c4CC3C)c(=O)n2c1. The van der Waals surface area contributed by atoms with E-state index in [1.165, 1.54) is 6.07 Å². The molecule has 2 aliphatic rings. The fourth-order valence-corrected chi connectivity index (χ4v) is 5.01. The Morgan fingerprint density at radius 1 is 1.19 bits per heavy atom. The van der Waals surface area contributed by atoms with Crippen LogP contribution in [0.15, 0.2) is 35.3 Å². The molecule has 0 aliphatic carbocycles. The molecule has 2 aromatic heterocycles. The van der Waals surface area contributed by atoms with Crippen LogP contribution in [0.3, 0.4) is 0 Å². The third-order valence-corrected chi connectivity index (χ3v) is 6.52. The van der Waals surface area contributed by atoms with Gasteiger partial charge in [-0.25, -0.2) is 13.8 Å². The van der Waals surface area contributed by atoms with E-state index in [4.69, 9.17) is 9.72 Å². The zero-order chi connectivity index (χ0) is 22.6. The summed E-state index contributed by atoms with van der Waals surface area (Å²) in [4.78, 5) is 22.7. The standard InChI is InChI=1S/C24H26F2N4O2/c1-14-4-5-21-27-23(28-6-8-32-9-7-28)22(24(31)29(21)13-14)16(3)30-15(2)10-18-19(26)11-17(25)12-20(18)30/h4-5,11-13,15-16H,6-10H2,1-3H3. The summed E-state index contributed by atoms with van der Waals surface area (Å²) in [5.41, 5.74) is 2.88. The summed E-state index contributed by atoms with van der Waals surface area (Å²) < 4.78 is 35.7. The monoisotopic (exact) mass is 440 g/mol. The maximum atomic E-state index is 14.5. The molecule has 5 rings (SSSR count). The first-order valence-electron chi connectivity index (χ1n) is 11.0. The third kappa shape index (κ3) is 3.33. The molecular formula is C24H26F2N4O2. The van der Waals surface area contributed by atoms with Crippen molar-refractivity contribution in [2.45, 2.75) is 39.3 Å². The predicted octanol–water partition coefficient (Wildman–Crippen LogP) is 3.63. The van der Waals surface area contributed by atoms with Gasteiger partial charge in [0, 0.05) is 42.6 Å². The highest BCUT2D eigenvalue weighted by Gasteiger charge is 2.36. The van der Waals surface area contributed by atoms with Gasteiger partial charge in [0.25, 0.3) is 5.56 Å². The largest absolute Gasteiger partial charge is 0.378 e. The minimum atomic E-state index is -0.620. The summed E-state index contributed by atoms with van der Waals surface area (Å²) >= 11 is 0. The third-order valence-electron chi connectivity index (χ3n) is 6.52. The minimum Gasteiger partial charge on any atom is -0.378 e. The van der Waals surface area contributed by atoms with Gasteiger partial charge in [-0.3, -0.25) is 9.20 Å². The predicted molar refractivity (Wildman–Crippen MR) is 120 cm³/mol. The van der Waals surface area contributed by atoms with E-state index in [1.807, 2.05) is 37.8 Å². The van der Waals surface area contributed by atoms with E-state index in [0.29, 0.717) is 61.0 Å². The zero-order valence-corrected chi connectivity index (χ0v) is 18.4. The van der Waals surface area contributed by atoms with Crippen LogP contribution in [0.4, 0.5) is 20.3 Å². The molecule has 6 nitrogen and oxygen atoms in total. The summed E-state index contributed by atoms with van der Waals surface area (Å²) in [6, 6.07) is 5.54. The first-order chi connectivity index (χ1) is 15.3. The Balaban J connectivity index is 1.71. The maximum Gasteiger partial charge on any atom is 0.265 e. The van der Waals surface area contributed by atoms with Gasteiger partial charge in [0.1, 0.15) is 23.1 Å². The lowest BCUT2D eigenvalue weighted by atomic mass is 10.1. The molecule has 2 aliphatic heterocycles. The molecule has 0 N–H and O–H groups in total. The summed E-state index contributed by atoms with van der Waals surface area (Å²) in [7, 11) is 0. The van der Waals surface area contributed by atoms with Crippen molar-refractivity contribution in [3.8, 4) is 0 Å². The van der Waals surface area contributed by atoms with Gasteiger partial charge in [-0.05, 0) is 44.9 Å². The minimum absolute atomic E-state index is 0.0913. The van der Waals surface area contributed by atoms with Crippen LogP contribution in [0.5, 0.6) is 0 Å². The molecule has 168 valence electrons. The highest BCUT2D eigenvalue weighted by molar-refractivity contribution is 5.64. The first kappa shape index (κ1) is 20.9. The number of aryl methyl sites for hydroxylation is 1.